The fraction of sp³-hybridized carbons (Fsp3) is 0.457. The molecule has 1 amide bonds. The Balaban J connectivity index is 0.000000210. The number of nitrogens with one attached hydrogen (secondary N) is 2. The van der Waals surface area contributed by atoms with Crippen molar-refractivity contribution in [3.63, 3.8) is 0 Å². The first-order valence-corrected chi connectivity index (χ1v) is 22.7. The van der Waals surface area contributed by atoms with Crippen molar-refractivity contribution in [3.05, 3.63) is 105 Å². The summed E-state index contributed by atoms with van der Waals surface area (Å²) in [5.74, 6) is -6.01. The Kier molecular flexibility index (Phi) is 13.1. The number of piperidine rings is 2. The number of anilines is 3. The molecule has 71 heavy (non-hydrogen) atoms. The van der Waals surface area contributed by atoms with Gasteiger partial charge >= 0.3 is 18.9 Å². The monoisotopic (exact) mass is 973 g/mol. The first-order valence-electron chi connectivity index (χ1n) is 22.7. The number of fused-ring (bicyclic) bond motifs is 3. The van der Waals surface area contributed by atoms with Crippen LogP contribution in [0.4, 0.5) is 35.3 Å². The number of hydrogen-bond acceptors (Lipinski definition) is 17. The number of aromatic nitrogens is 11. The van der Waals surface area contributed by atoms with Gasteiger partial charge in [-0.2, -0.15) is 0 Å². The maximum absolute atomic E-state index is 13.6. The zero-order chi connectivity index (χ0) is 49.2. The number of amides is 1. The van der Waals surface area contributed by atoms with Crippen molar-refractivity contribution in [3.8, 4) is 11.5 Å². The van der Waals surface area contributed by atoms with Crippen LogP contribution in [0.3, 0.4) is 0 Å². The zero-order valence-electron chi connectivity index (χ0n) is 39.7. The number of pyridine rings is 1. The summed E-state index contributed by atoms with van der Waals surface area (Å²) in [5.41, 5.74) is 6.82. The van der Waals surface area contributed by atoms with Crippen molar-refractivity contribution in [1.82, 2.24) is 60.2 Å². The standard InChI is InChI=1S/C32H35F2N9O3.C14H14F2N6O2.Li/c1-17-9-23-22(29(37-17)35-11-19-5-6-21(45-3)10-28(19)46-4)7-8-26(23)39-30(44)27-16-43(41-40-27)13-20-12-36-31(38-18(20)2)42-14-24-25(15-42)32(24,33)34;1-7-8(3-22-6-11(12(23)24)19-20-22)2-17-13(18-7)21-4-9-10(5-21)14(9,15)16;/h5-6,9-10,12,16,24-26H,7-8,11,13-15H2,1-4H3,(H,35,37)(H,39,44);2,6,9-10H,3-5H2,1H3,(H,23,24);/q;;+1/p-1/t24?,25?,26-;;/m1../s1. The van der Waals surface area contributed by atoms with Gasteiger partial charge in [0.15, 0.2) is 5.69 Å². The number of aryl methyl sites for hydroxylation is 3. The third-order valence-corrected chi connectivity index (χ3v) is 13.9. The molecule has 2 saturated heterocycles. The molecule has 11 rings (SSSR count). The van der Waals surface area contributed by atoms with Crippen molar-refractivity contribution >= 4 is 29.6 Å². The predicted molar refractivity (Wildman–Crippen MR) is 239 cm³/mol. The molecule has 366 valence electrons. The van der Waals surface area contributed by atoms with Gasteiger partial charge in [-0.3, -0.25) is 4.79 Å². The first kappa shape index (κ1) is 49.1. The van der Waals surface area contributed by atoms with E-state index < -0.39 is 41.5 Å². The Labute approximate surface area is 416 Å². The summed E-state index contributed by atoms with van der Waals surface area (Å²) in [7, 11) is 3.25. The molecule has 5 aromatic heterocycles. The fourth-order valence-electron chi connectivity index (χ4n) is 9.66. The van der Waals surface area contributed by atoms with E-state index >= 15 is 0 Å². The Hall–Kier alpha value is -6.93. The number of methoxy groups -OCH3 is 2. The van der Waals surface area contributed by atoms with Crippen molar-refractivity contribution in [2.45, 2.75) is 71.1 Å². The summed E-state index contributed by atoms with van der Waals surface area (Å²) in [6.07, 6.45) is 7.64. The van der Waals surface area contributed by atoms with E-state index in [4.69, 9.17) is 14.5 Å². The van der Waals surface area contributed by atoms with Gasteiger partial charge in [-0.25, -0.2) is 51.8 Å². The number of halogens is 4. The molecule has 4 fully saturated rings. The smallest absolute Gasteiger partial charge is 0.543 e. The Morgan fingerprint density at radius 1 is 0.761 bits per heavy atom. The van der Waals surface area contributed by atoms with Crippen LogP contribution in [-0.4, -0.2) is 119 Å². The maximum Gasteiger partial charge on any atom is 1.00 e. The predicted octanol–water partition coefficient (Wildman–Crippen LogP) is 0.370. The van der Waals surface area contributed by atoms with Gasteiger partial charge in [-0.1, -0.05) is 10.4 Å². The molecule has 3 aliphatic carbocycles. The molecule has 25 heteroatoms. The van der Waals surface area contributed by atoms with Crippen molar-refractivity contribution in [2.24, 2.45) is 23.7 Å². The van der Waals surface area contributed by atoms with Gasteiger partial charge in [0, 0.05) is 85.0 Å². The molecule has 20 nitrogen and oxygen atoms in total. The van der Waals surface area contributed by atoms with Crippen LogP contribution in [0.5, 0.6) is 11.5 Å². The van der Waals surface area contributed by atoms with Crippen molar-refractivity contribution in [2.75, 3.05) is 55.5 Å². The van der Waals surface area contributed by atoms with E-state index in [9.17, 15) is 32.3 Å². The second-order valence-electron chi connectivity index (χ2n) is 18.3. The van der Waals surface area contributed by atoms with Crippen LogP contribution in [0.25, 0.3) is 0 Å². The second-order valence-corrected chi connectivity index (χ2v) is 18.3. The molecule has 5 aliphatic rings. The average molecular weight is 974 g/mol. The summed E-state index contributed by atoms with van der Waals surface area (Å²) in [6, 6.07) is 7.53. The van der Waals surface area contributed by atoms with Crippen LogP contribution < -0.4 is 53.9 Å². The molecule has 0 spiro atoms. The number of nitrogens with zero attached hydrogens (tertiary/aromatic N) is 13. The molecule has 0 bridgehead atoms. The first-order chi connectivity index (χ1) is 33.5. The number of carboxylic acid groups (broad SMARTS) is 1. The van der Waals surface area contributed by atoms with Crippen LogP contribution in [-0.2, 0) is 26.1 Å². The summed E-state index contributed by atoms with van der Waals surface area (Å²) < 4.78 is 67.4. The molecular formula is C46H48F4LiN15O5. The number of hydrogen-bond donors (Lipinski definition) is 2. The van der Waals surface area contributed by atoms with Crippen LogP contribution in [0.1, 0.15) is 78.3 Å². The number of carbonyl (C=O) groups excluding carboxylic acids is 2. The van der Waals surface area contributed by atoms with E-state index in [1.807, 2.05) is 43.0 Å². The quantitative estimate of drug-likeness (QED) is 0.111. The van der Waals surface area contributed by atoms with Gasteiger partial charge in [0.05, 0.1) is 75.4 Å². The number of alkyl halides is 4. The molecule has 2 aliphatic heterocycles. The maximum atomic E-state index is 13.6. The van der Waals surface area contributed by atoms with Gasteiger partial charge in [0.25, 0.3) is 17.8 Å². The minimum absolute atomic E-state index is 0. The largest absolute Gasteiger partial charge is 1.00 e. The Morgan fingerprint density at radius 2 is 1.31 bits per heavy atom. The summed E-state index contributed by atoms with van der Waals surface area (Å²) in [4.78, 5) is 49.9. The Morgan fingerprint density at radius 3 is 1.82 bits per heavy atom. The molecule has 7 heterocycles. The number of aromatic carboxylic acids is 1. The molecule has 2 saturated carbocycles. The van der Waals surface area contributed by atoms with E-state index in [0.717, 1.165) is 69.4 Å². The van der Waals surface area contributed by atoms with Crippen molar-refractivity contribution < 1.29 is 60.6 Å². The molecule has 0 radical (unpaired) electrons. The van der Waals surface area contributed by atoms with Gasteiger partial charge in [0.2, 0.25) is 11.9 Å². The molecule has 6 aromatic rings. The SMILES string of the molecule is COc1ccc(CNc2nc(C)cc3c2CC[C@H]3NC(=O)c2cn(Cc3cnc(N4CC5C(C4)C5(F)F)nc3C)nn2)c(OC)c1.Cc1nc(N2CC3C(C2)C3(F)F)ncc1Cn1cc(C(=O)[O-])nn1.[Li+]. The number of rotatable bonds is 14. The fourth-order valence-corrected chi connectivity index (χ4v) is 9.66. The van der Waals surface area contributed by atoms with Crippen molar-refractivity contribution in [1.29, 1.82) is 0 Å². The molecular weight excluding hydrogens is 926 g/mol. The van der Waals surface area contributed by atoms with Gasteiger partial charge in [0.1, 0.15) is 23.0 Å². The topological polar surface area (TPSA) is 232 Å². The third kappa shape index (κ3) is 9.66. The minimum Gasteiger partial charge on any atom is -0.543 e. The number of carboxylic acids is 1. The number of benzene rings is 1. The Bertz CT molecular complexity index is 2980. The van der Waals surface area contributed by atoms with Crippen LogP contribution >= 0.6 is 0 Å². The minimum atomic E-state index is -2.55. The van der Waals surface area contributed by atoms with Gasteiger partial charge in [-0.05, 0) is 62.9 Å². The van der Waals surface area contributed by atoms with Gasteiger partial charge < -0.3 is 39.8 Å². The van der Waals surface area contributed by atoms with E-state index in [0.29, 0.717) is 30.7 Å². The summed E-state index contributed by atoms with van der Waals surface area (Å²) >= 11 is 0. The zero-order valence-corrected chi connectivity index (χ0v) is 39.7. The van der Waals surface area contributed by atoms with Crippen LogP contribution in [0.15, 0.2) is 49.1 Å². The number of carbonyl (C=O) groups is 2. The van der Waals surface area contributed by atoms with E-state index in [1.165, 1.54) is 10.9 Å². The third-order valence-electron chi connectivity index (χ3n) is 13.9. The molecule has 2 N–H and O–H groups in total. The van der Waals surface area contributed by atoms with E-state index in [2.05, 4.69) is 51.2 Å². The summed E-state index contributed by atoms with van der Waals surface area (Å²) in [6.45, 7) is 7.75. The molecule has 4 unspecified atom stereocenters. The van der Waals surface area contributed by atoms with Crippen LogP contribution in [0.2, 0.25) is 0 Å². The van der Waals surface area contributed by atoms with Gasteiger partial charge in [-0.15, -0.1) is 10.2 Å². The molecule has 5 atom stereocenters. The number of ether oxygens (including phenoxy) is 2. The van der Waals surface area contributed by atoms with E-state index in [-0.39, 0.29) is 74.9 Å². The normalized spacial score (nSPS) is 21.5. The molecule has 1 aromatic carbocycles. The average Bonchev–Trinajstić information content (AvgIpc) is 4.01. The van der Waals surface area contributed by atoms with Crippen LogP contribution in [0, 0.1) is 44.4 Å². The summed E-state index contributed by atoms with van der Waals surface area (Å²) in [5, 5.41) is 32.7. The second kappa shape index (κ2) is 19.0. The van der Waals surface area contributed by atoms with E-state index in [1.54, 1.807) is 49.3 Å².